The van der Waals surface area contributed by atoms with Gasteiger partial charge >= 0.3 is 0 Å². The number of nitrogens with zero attached hydrogens (tertiary/aromatic N) is 2. The number of aryl methyl sites for hydroxylation is 1. The first kappa shape index (κ1) is 21.8. The van der Waals surface area contributed by atoms with Gasteiger partial charge in [-0.2, -0.15) is 0 Å². The fraction of sp³-hybridized carbons (Fsp3) is 0.667. The summed E-state index contributed by atoms with van der Waals surface area (Å²) in [6, 6.07) is 8.47. The molecule has 0 aliphatic carbocycles. The maximum Gasteiger partial charge on any atom is 0.234 e. The molecule has 2 aliphatic heterocycles. The Bertz CT molecular complexity index is 657. The van der Waals surface area contributed by atoms with Gasteiger partial charge in [0.05, 0.1) is 12.6 Å². The molecule has 1 atom stereocenters. The van der Waals surface area contributed by atoms with Gasteiger partial charge in [0.2, 0.25) is 11.8 Å². The summed E-state index contributed by atoms with van der Waals surface area (Å²) in [6.45, 7) is 8.11. The van der Waals surface area contributed by atoms with Gasteiger partial charge in [-0.25, -0.2) is 0 Å². The van der Waals surface area contributed by atoms with Crippen LogP contribution in [0.3, 0.4) is 0 Å². The minimum absolute atomic E-state index is 0.00978. The molecule has 2 aliphatic rings. The minimum atomic E-state index is 0.00978. The Morgan fingerprint density at radius 3 is 2.21 bits per heavy atom. The van der Waals surface area contributed by atoms with E-state index in [0.717, 1.165) is 63.8 Å². The molecule has 0 aromatic heterocycles. The summed E-state index contributed by atoms with van der Waals surface area (Å²) in [5.74, 6) is 0.554. The van der Waals surface area contributed by atoms with Crippen molar-refractivity contribution in [3.63, 3.8) is 0 Å². The van der Waals surface area contributed by atoms with E-state index in [1.54, 1.807) is 0 Å². The Balaban J connectivity index is 1.41. The molecule has 5 nitrogen and oxygen atoms in total. The van der Waals surface area contributed by atoms with E-state index < -0.39 is 0 Å². The predicted octanol–water partition coefficient (Wildman–Crippen LogP) is 3.54. The zero-order valence-corrected chi connectivity index (χ0v) is 18.2. The summed E-state index contributed by atoms with van der Waals surface area (Å²) in [4.78, 5) is 29.6. The monoisotopic (exact) mass is 399 g/mol. The van der Waals surface area contributed by atoms with Crippen molar-refractivity contribution < 1.29 is 9.59 Å². The fourth-order valence-corrected chi connectivity index (χ4v) is 4.50. The van der Waals surface area contributed by atoms with Crippen molar-refractivity contribution in [1.29, 1.82) is 0 Å². The molecule has 2 heterocycles. The van der Waals surface area contributed by atoms with Crippen molar-refractivity contribution in [2.45, 2.75) is 64.8 Å². The van der Waals surface area contributed by atoms with Crippen molar-refractivity contribution in [2.75, 3.05) is 32.7 Å². The highest BCUT2D eigenvalue weighted by atomic mass is 16.2. The number of likely N-dealkylation sites (tertiary alicyclic amines) is 2. The largest absolute Gasteiger partial charge is 0.348 e. The summed E-state index contributed by atoms with van der Waals surface area (Å²) < 4.78 is 0. The Labute approximate surface area is 175 Å². The van der Waals surface area contributed by atoms with Gasteiger partial charge in [0.1, 0.15) is 0 Å². The third-order valence-electron chi connectivity index (χ3n) is 6.49. The molecule has 0 saturated carbocycles. The number of carbonyl (C=O) groups excluding carboxylic acids is 2. The Morgan fingerprint density at radius 1 is 1.00 bits per heavy atom. The summed E-state index contributed by atoms with van der Waals surface area (Å²) in [6.07, 6.45) is 7.55. The van der Waals surface area contributed by atoms with Gasteiger partial charge in [-0.1, -0.05) is 44.0 Å². The van der Waals surface area contributed by atoms with E-state index in [1.807, 2.05) is 6.92 Å². The second-order valence-electron chi connectivity index (χ2n) is 8.67. The Morgan fingerprint density at radius 2 is 1.62 bits per heavy atom. The van der Waals surface area contributed by atoms with E-state index in [2.05, 4.69) is 46.3 Å². The molecule has 5 heteroatoms. The third-order valence-corrected chi connectivity index (χ3v) is 6.49. The molecule has 1 aromatic rings. The SMILES string of the molecule is CCc1ccc(C(C)NC(=O)CN2CCC(C(=O)N3CCCCCC3)CC2)cc1. The second kappa shape index (κ2) is 10.8. The number of nitrogens with one attached hydrogen (secondary N) is 1. The third kappa shape index (κ3) is 6.30. The summed E-state index contributed by atoms with van der Waals surface area (Å²) >= 11 is 0. The molecule has 3 rings (SSSR count). The lowest BCUT2D eigenvalue weighted by Gasteiger charge is -2.33. The van der Waals surface area contributed by atoms with Gasteiger partial charge in [0.25, 0.3) is 0 Å². The lowest BCUT2D eigenvalue weighted by atomic mass is 9.95. The number of piperidine rings is 1. The van der Waals surface area contributed by atoms with Gasteiger partial charge in [-0.3, -0.25) is 14.5 Å². The average molecular weight is 400 g/mol. The molecule has 1 aromatic carbocycles. The van der Waals surface area contributed by atoms with Gasteiger partial charge < -0.3 is 10.2 Å². The molecule has 0 spiro atoms. The van der Waals surface area contributed by atoms with Gasteiger partial charge in [0.15, 0.2) is 0 Å². The lowest BCUT2D eigenvalue weighted by molar-refractivity contribution is -0.137. The van der Waals surface area contributed by atoms with Gasteiger partial charge in [-0.05, 0) is 63.2 Å². The van der Waals surface area contributed by atoms with Crippen LogP contribution in [0.1, 0.15) is 69.5 Å². The van der Waals surface area contributed by atoms with Crippen LogP contribution in [-0.2, 0) is 16.0 Å². The van der Waals surface area contributed by atoms with Crippen molar-refractivity contribution in [1.82, 2.24) is 15.1 Å². The number of hydrogen-bond acceptors (Lipinski definition) is 3. The lowest BCUT2D eigenvalue weighted by Crippen LogP contribution is -2.45. The molecule has 1 N–H and O–H groups in total. The Kier molecular flexibility index (Phi) is 8.10. The van der Waals surface area contributed by atoms with Crippen LogP contribution in [0.25, 0.3) is 0 Å². The molecular weight excluding hydrogens is 362 g/mol. The number of amides is 2. The first-order valence-electron chi connectivity index (χ1n) is 11.5. The molecule has 0 radical (unpaired) electrons. The summed E-state index contributed by atoms with van der Waals surface area (Å²) in [5, 5.41) is 3.12. The zero-order chi connectivity index (χ0) is 20.6. The average Bonchev–Trinajstić information content (AvgIpc) is 3.03. The van der Waals surface area contributed by atoms with Crippen LogP contribution < -0.4 is 5.32 Å². The van der Waals surface area contributed by atoms with E-state index in [4.69, 9.17) is 0 Å². The predicted molar refractivity (Wildman–Crippen MR) is 117 cm³/mol. The number of hydrogen-bond donors (Lipinski definition) is 1. The second-order valence-corrected chi connectivity index (χ2v) is 8.67. The standard InChI is InChI=1S/C24H37N3O2/c1-3-20-8-10-21(11-9-20)19(2)25-23(28)18-26-16-12-22(13-17-26)24(29)27-14-6-4-5-7-15-27/h8-11,19,22H,3-7,12-18H2,1-2H3,(H,25,28). The van der Waals surface area contributed by atoms with Crippen LogP contribution in [0.15, 0.2) is 24.3 Å². The number of benzene rings is 1. The summed E-state index contributed by atoms with van der Waals surface area (Å²) in [7, 11) is 0. The highest BCUT2D eigenvalue weighted by Gasteiger charge is 2.29. The molecule has 2 amide bonds. The number of rotatable bonds is 6. The molecule has 2 saturated heterocycles. The maximum absolute atomic E-state index is 12.8. The van der Waals surface area contributed by atoms with Crippen molar-refractivity contribution in [3.8, 4) is 0 Å². The van der Waals surface area contributed by atoms with Crippen LogP contribution in [-0.4, -0.2) is 54.3 Å². The van der Waals surface area contributed by atoms with E-state index in [0.29, 0.717) is 12.5 Å². The van der Waals surface area contributed by atoms with Gasteiger partial charge in [-0.15, -0.1) is 0 Å². The number of carbonyl (C=O) groups is 2. The zero-order valence-electron chi connectivity index (χ0n) is 18.2. The highest BCUT2D eigenvalue weighted by Crippen LogP contribution is 2.22. The van der Waals surface area contributed by atoms with Crippen molar-refractivity contribution >= 4 is 11.8 Å². The summed E-state index contributed by atoms with van der Waals surface area (Å²) in [5.41, 5.74) is 2.45. The molecule has 29 heavy (non-hydrogen) atoms. The molecule has 0 bridgehead atoms. The quantitative estimate of drug-likeness (QED) is 0.796. The minimum Gasteiger partial charge on any atom is -0.348 e. The van der Waals surface area contributed by atoms with Crippen LogP contribution in [0.4, 0.5) is 0 Å². The van der Waals surface area contributed by atoms with Crippen molar-refractivity contribution in [3.05, 3.63) is 35.4 Å². The van der Waals surface area contributed by atoms with E-state index in [1.165, 1.54) is 18.4 Å². The molecular formula is C24H37N3O2. The molecule has 2 fully saturated rings. The van der Waals surface area contributed by atoms with Crippen LogP contribution >= 0.6 is 0 Å². The van der Waals surface area contributed by atoms with Gasteiger partial charge in [0, 0.05) is 19.0 Å². The van der Waals surface area contributed by atoms with Crippen LogP contribution in [0.5, 0.6) is 0 Å². The first-order chi connectivity index (χ1) is 14.1. The fourth-order valence-electron chi connectivity index (χ4n) is 4.50. The maximum atomic E-state index is 12.8. The molecule has 160 valence electrons. The normalized spacial score (nSPS) is 20.1. The van der Waals surface area contributed by atoms with E-state index in [-0.39, 0.29) is 17.9 Å². The van der Waals surface area contributed by atoms with E-state index >= 15 is 0 Å². The topological polar surface area (TPSA) is 52.7 Å². The van der Waals surface area contributed by atoms with E-state index in [9.17, 15) is 9.59 Å². The molecule has 1 unspecified atom stereocenters. The van der Waals surface area contributed by atoms with Crippen molar-refractivity contribution in [2.24, 2.45) is 5.92 Å². The smallest absolute Gasteiger partial charge is 0.234 e. The van der Waals surface area contributed by atoms with Crippen LogP contribution in [0.2, 0.25) is 0 Å². The Hall–Kier alpha value is -1.88. The highest BCUT2D eigenvalue weighted by molar-refractivity contribution is 5.80. The first-order valence-corrected chi connectivity index (χ1v) is 11.5. The van der Waals surface area contributed by atoms with Crippen LogP contribution in [0, 0.1) is 5.92 Å².